The van der Waals surface area contributed by atoms with Gasteiger partial charge < -0.3 is 10.6 Å². The maximum absolute atomic E-state index is 13.3. The number of fused-ring (bicyclic) bond motifs is 1. The number of rotatable bonds is 7. The average Bonchev–Trinajstić information content (AvgIpc) is 3.35. The van der Waals surface area contributed by atoms with Gasteiger partial charge in [0.05, 0.1) is 12.5 Å². The van der Waals surface area contributed by atoms with Crippen molar-refractivity contribution in [2.45, 2.75) is 57.4 Å². The van der Waals surface area contributed by atoms with E-state index in [0.29, 0.717) is 18.8 Å². The lowest BCUT2D eigenvalue weighted by molar-refractivity contribution is -0.122. The molecular weight excluding hydrogens is 367 g/mol. The summed E-state index contributed by atoms with van der Waals surface area (Å²) in [5.41, 5.74) is 4.08. The van der Waals surface area contributed by atoms with Gasteiger partial charge >= 0.3 is 0 Å². The minimum Gasteiger partial charge on any atom is -0.349 e. The van der Waals surface area contributed by atoms with Gasteiger partial charge in [0.1, 0.15) is 5.82 Å². The first-order valence-electron chi connectivity index (χ1n) is 10.5. The van der Waals surface area contributed by atoms with Gasteiger partial charge in [0.2, 0.25) is 11.8 Å². The molecule has 1 aliphatic heterocycles. The van der Waals surface area contributed by atoms with Gasteiger partial charge in [0.15, 0.2) is 0 Å². The summed E-state index contributed by atoms with van der Waals surface area (Å²) >= 11 is 0. The maximum Gasteiger partial charge on any atom is 0.228 e. The van der Waals surface area contributed by atoms with Crippen LogP contribution in [0.5, 0.6) is 0 Å². The highest BCUT2D eigenvalue weighted by atomic mass is 19.1. The van der Waals surface area contributed by atoms with Crippen LogP contribution in [0.2, 0.25) is 0 Å². The molecule has 2 aromatic rings. The van der Waals surface area contributed by atoms with Gasteiger partial charge in [-0.2, -0.15) is 0 Å². The first-order valence-corrected chi connectivity index (χ1v) is 10.5. The number of hydrogen-bond donors (Lipinski definition) is 2. The van der Waals surface area contributed by atoms with Crippen molar-refractivity contribution in [3.8, 4) is 0 Å². The van der Waals surface area contributed by atoms with E-state index in [0.717, 1.165) is 48.1 Å². The molecule has 1 fully saturated rings. The summed E-state index contributed by atoms with van der Waals surface area (Å²) in [6.07, 6.45) is 7.03. The molecule has 152 valence electrons. The zero-order chi connectivity index (χ0) is 20.2. The number of anilines is 1. The van der Waals surface area contributed by atoms with Crippen LogP contribution in [0.3, 0.4) is 0 Å². The number of amides is 2. The van der Waals surface area contributed by atoms with E-state index in [9.17, 15) is 14.0 Å². The Hall–Kier alpha value is -2.69. The van der Waals surface area contributed by atoms with Crippen LogP contribution in [-0.2, 0) is 22.4 Å². The first-order chi connectivity index (χ1) is 14.1. The number of halogens is 1. The first kappa shape index (κ1) is 19.6. The smallest absolute Gasteiger partial charge is 0.228 e. The number of carbonyl (C=O) groups is 2. The summed E-state index contributed by atoms with van der Waals surface area (Å²) in [5.74, 6) is 0.252. The normalized spacial score (nSPS) is 17.1. The third-order valence-corrected chi connectivity index (χ3v) is 6.08. The zero-order valence-electron chi connectivity index (χ0n) is 16.5. The molecule has 0 aromatic heterocycles. The molecule has 5 heteroatoms. The topological polar surface area (TPSA) is 58.2 Å². The molecule has 4 rings (SSSR count). The zero-order valence-corrected chi connectivity index (χ0v) is 16.5. The molecule has 4 nitrogen and oxygen atoms in total. The summed E-state index contributed by atoms with van der Waals surface area (Å²) in [6, 6.07) is 12.5. The average molecular weight is 394 g/mol. The molecule has 29 heavy (non-hydrogen) atoms. The highest BCUT2D eigenvalue weighted by Gasteiger charge is 2.27. The van der Waals surface area contributed by atoms with E-state index >= 15 is 0 Å². The quantitative estimate of drug-likeness (QED) is 0.716. The molecule has 0 spiro atoms. The summed E-state index contributed by atoms with van der Waals surface area (Å²) in [5, 5.41) is 6.05. The predicted octanol–water partition coefficient (Wildman–Crippen LogP) is 4.69. The van der Waals surface area contributed by atoms with Crippen LogP contribution >= 0.6 is 0 Å². The number of hydrogen-bond acceptors (Lipinski definition) is 2. The minimum atomic E-state index is -0.253. The van der Waals surface area contributed by atoms with Crippen LogP contribution in [0.25, 0.3) is 0 Å². The van der Waals surface area contributed by atoms with Crippen molar-refractivity contribution >= 4 is 17.5 Å². The van der Waals surface area contributed by atoms with E-state index in [-0.39, 0.29) is 23.7 Å². The van der Waals surface area contributed by atoms with Crippen LogP contribution < -0.4 is 10.6 Å². The van der Waals surface area contributed by atoms with E-state index in [1.807, 2.05) is 12.1 Å². The molecule has 0 saturated heterocycles. The van der Waals surface area contributed by atoms with Crippen LogP contribution in [0.15, 0.2) is 42.5 Å². The van der Waals surface area contributed by atoms with Crippen molar-refractivity contribution in [1.82, 2.24) is 5.32 Å². The third kappa shape index (κ3) is 4.84. The minimum absolute atomic E-state index is 0.0373. The lowest BCUT2D eigenvalue weighted by Crippen LogP contribution is -2.32. The van der Waals surface area contributed by atoms with Gasteiger partial charge in [-0.15, -0.1) is 0 Å². The fourth-order valence-corrected chi connectivity index (χ4v) is 4.57. The number of nitrogens with one attached hydrogen (secondary N) is 2. The Bertz CT molecular complexity index is 888. The molecule has 2 amide bonds. The highest BCUT2D eigenvalue weighted by Crippen LogP contribution is 2.36. The molecule has 0 radical (unpaired) electrons. The van der Waals surface area contributed by atoms with E-state index in [1.165, 1.54) is 25.0 Å². The van der Waals surface area contributed by atoms with Crippen LogP contribution in [0, 0.1) is 11.7 Å². The molecule has 1 atom stereocenters. The van der Waals surface area contributed by atoms with Crippen LogP contribution in [-0.4, -0.2) is 11.8 Å². The standard InChI is InChI=1S/C24H27FN2O2/c25-20-11-9-18(10-12-20)24(17-5-1-2-6-17)27-22(28)7-3-4-16-8-13-21-19(14-16)15-23(29)26-21/h8-14,17,24H,1-7,15H2,(H,26,29)(H,27,28). The molecule has 1 aliphatic carbocycles. The lowest BCUT2D eigenvalue weighted by atomic mass is 9.91. The molecule has 0 bridgehead atoms. The van der Waals surface area contributed by atoms with Gasteiger partial charge in [-0.1, -0.05) is 37.1 Å². The van der Waals surface area contributed by atoms with Crippen molar-refractivity contribution in [2.24, 2.45) is 5.92 Å². The Morgan fingerprint density at radius 3 is 2.66 bits per heavy atom. The molecule has 2 N–H and O–H groups in total. The van der Waals surface area contributed by atoms with Gasteiger partial charge in [0.25, 0.3) is 0 Å². The van der Waals surface area contributed by atoms with Crippen LogP contribution in [0.1, 0.15) is 61.3 Å². The molecule has 2 aromatic carbocycles. The maximum atomic E-state index is 13.3. The van der Waals surface area contributed by atoms with E-state index in [4.69, 9.17) is 0 Å². The van der Waals surface area contributed by atoms with Gasteiger partial charge in [-0.3, -0.25) is 9.59 Å². The second-order valence-electron chi connectivity index (χ2n) is 8.21. The molecule has 1 heterocycles. The third-order valence-electron chi connectivity index (χ3n) is 6.08. The summed E-state index contributed by atoms with van der Waals surface area (Å²) in [6.45, 7) is 0. The van der Waals surface area contributed by atoms with Crippen molar-refractivity contribution in [3.63, 3.8) is 0 Å². The number of aryl methyl sites for hydroxylation is 1. The Morgan fingerprint density at radius 2 is 1.90 bits per heavy atom. The molecule has 1 saturated carbocycles. The SMILES string of the molecule is O=C1Cc2cc(CCCC(=O)NC(c3ccc(F)cc3)C3CCCC3)ccc2N1. The van der Waals surface area contributed by atoms with Crippen molar-refractivity contribution in [2.75, 3.05) is 5.32 Å². The lowest BCUT2D eigenvalue weighted by Gasteiger charge is -2.25. The van der Waals surface area contributed by atoms with Gasteiger partial charge in [0, 0.05) is 12.1 Å². The Kier molecular flexibility index (Phi) is 5.93. The largest absolute Gasteiger partial charge is 0.349 e. The fourth-order valence-electron chi connectivity index (χ4n) is 4.57. The van der Waals surface area contributed by atoms with Crippen molar-refractivity contribution in [1.29, 1.82) is 0 Å². The molecule has 2 aliphatic rings. The Labute approximate surface area is 170 Å². The fraction of sp³-hybridized carbons (Fsp3) is 0.417. The molecule has 1 unspecified atom stereocenters. The Balaban J connectivity index is 1.33. The molecular formula is C24H27FN2O2. The van der Waals surface area contributed by atoms with Gasteiger partial charge in [-0.05, 0) is 66.5 Å². The van der Waals surface area contributed by atoms with Crippen LogP contribution in [0.4, 0.5) is 10.1 Å². The van der Waals surface area contributed by atoms with E-state index in [1.54, 1.807) is 12.1 Å². The predicted molar refractivity (Wildman–Crippen MR) is 111 cm³/mol. The summed E-state index contributed by atoms with van der Waals surface area (Å²) < 4.78 is 13.3. The summed E-state index contributed by atoms with van der Waals surface area (Å²) in [4.78, 5) is 24.1. The van der Waals surface area contributed by atoms with Gasteiger partial charge in [-0.25, -0.2) is 4.39 Å². The summed E-state index contributed by atoms with van der Waals surface area (Å²) in [7, 11) is 0. The second kappa shape index (κ2) is 8.76. The van der Waals surface area contributed by atoms with Crippen molar-refractivity contribution < 1.29 is 14.0 Å². The Morgan fingerprint density at radius 1 is 1.14 bits per heavy atom. The highest BCUT2D eigenvalue weighted by molar-refractivity contribution is 5.99. The van der Waals surface area contributed by atoms with Crippen molar-refractivity contribution in [3.05, 3.63) is 65.0 Å². The number of benzene rings is 2. The number of carbonyl (C=O) groups excluding carboxylic acids is 2. The van der Waals surface area contributed by atoms with E-state index < -0.39 is 0 Å². The second-order valence-corrected chi connectivity index (χ2v) is 8.21. The monoisotopic (exact) mass is 394 g/mol. The van der Waals surface area contributed by atoms with E-state index in [2.05, 4.69) is 16.7 Å².